The highest BCUT2D eigenvalue weighted by atomic mass is 16.4. The van der Waals surface area contributed by atoms with Crippen LogP contribution in [0.25, 0.3) is 0 Å². The first-order valence-electron chi connectivity index (χ1n) is 9.31. The summed E-state index contributed by atoms with van der Waals surface area (Å²) in [4.78, 5) is 26.1. The first-order chi connectivity index (χ1) is 13.8. The van der Waals surface area contributed by atoms with Crippen LogP contribution in [-0.2, 0) is 9.59 Å². The highest BCUT2D eigenvalue weighted by Crippen LogP contribution is 2.23. The van der Waals surface area contributed by atoms with Crippen LogP contribution < -0.4 is 21.3 Å². The number of anilines is 1. The number of aliphatic hydroxyl groups excluding tert-OH is 2. The number of nitrogens with one attached hydrogen (secondary N) is 4. The number of phenolic OH excluding ortho intramolecular Hbond substituents is 1. The number of carboxylic acid groups (broad SMARTS) is 1. The molecule has 1 aromatic carbocycles. The van der Waals surface area contributed by atoms with Gasteiger partial charge in [-0.3, -0.25) is 19.9 Å². The fourth-order valence-electron chi connectivity index (χ4n) is 2.30. The number of carbonyl (C=O) groups excluding carboxylic acids is 1. The molecule has 1 aliphatic rings. The van der Waals surface area contributed by atoms with E-state index >= 15 is 0 Å². The van der Waals surface area contributed by atoms with Gasteiger partial charge >= 0.3 is 5.97 Å². The quantitative estimate of drug-likeness (QED) is 0.258. The number of β-amino-alcohol motifs (C(OH)–C–C–N with tert-alkyl or cyclic N) is 1. The molecule has 0 spiro atoms. The standard InChI is InChI=1S/C16H23N5O6.C2H6/c22-11-4-9(15(27)18-8-13(24)17-2-1-14(25)26)3-10(5-11)21-16-19-6-12(23)7-20-16;1-2/h3-5,12,15,18,22-23,27H,1-2,6-8H2,(H,17,24)(H,25,26)(H2,19,20,21);1-2H3. The topological polar surface area (TPSA) is 176 Å². The summed E-state index contributed by atoms with van der Waals surface area (Å²) in [5, 5.41) is 48.7. The van der Waals surface area contributed by atoms with Crippen LogP contribution in [0.3, 0.4) is 0 Å². The number of aliphatic carboxylic acids is 1. The van der Waals surface area contributed by atoms with Gasteiger partial charge in [0.05, 0.1) is 25.6 Å². The largest absolute Gasteiger partial charge is 0.508 e. The lowest BCUT2D eigenvalue weighted by molar-refractivity contribution is -0.136. The third-order valence-electron chi connectivity index (χ3n) is 3.60. The average Bonchev–Trinajstić information content (AvgIpc) is 2.68. The Morgan fingerprint density at radius 2 is 2.03 bits per heavy atom. The molecule has 0 bridgehead atoms. The number of aliphatic imine (C=N–C) groups is 1. The second-order valence-electron chi connectivity index (χ2n) is 5.94. The number of carbonyl (C=O) groups is 2. The Bertz CT molecular complexity index is 712. The third-order valence-corrected chi connectivity index (χ3v) is 3.60. The number of aliphatic hydroxyl groups is 2. The predicted molar refractivity (Wildman–Crippen MR) is 108 cm³/mol. The molecular weight excluding hydrogens is 382 g/mol. The Morgan fingerprint density at radius 3 is 2.66 bits per heavy atom. The number of guanidine groups is 1. The maximum absolute atomic E-state index is 11.6. The molecule has 1 heterocycles. The van der Waals surface area contributed by atoms with Gasteiger partial charge in [0.2, 0.25) is 5.91 Å². The molecular formula is C18H29N5O6. The minimum Gasteiger partial charge on any atom is -0.508 e. The van der Waals surface area contributed by atoms with Gasteiger partial charge in [-0.25, -0.2) is 0 Å². The lowest BCUT2D eigenvalue weighted by Gasteiger charge is -2.21. The molecule has 0 saturated carbocycles. The molecule has 2 rings (SSSR count). The number of phenols is 1. The van der Waals surface area contributed by atoms with Crippen LogP contribution in [0.15, 0.2) is 23.2 Å². The van der Waals surface area contributed by atoms with Gasteiger partial charge in [0.1, 0.15) is 12.0 Å². The minimum absolute atomic E-state index is 0.00402. The van der Waals surface area contributed by atoms with Crippen LogP contribution in [0, 0.1) is 0 Å². The molecule has 0 aromatic heterocycles. The van der Waals surface area contributed by atoms with Crippen molar-refractivity contribution in [1.82, 2.24) is 16.0 Å². The molecule has 2 unspecified atom stereocenters. The maximum atomic E-state index is 11.6. The zero-order valence-corrected chi connectivity index (χ0v) is 16.5. The normalized spacial score (nSPS) is 16.4. The van der Waals surface area contributed by atoms with Crippen LogP contribution in [0.1, 0.15) is 32.1 Å². The Kier molecular flexibility index (Phi) is 10.4. The van der Waals surface area contributed by atoms with Crippen LogP contribution in [-0.4, -0.2) is 70.5 Å². The van der Waals surface area contributed by atoms with Gasteiger partial charge in [0.25, 0.3) is 0 Å². The average molecular weight is 411 g/mol. The number of hydrogen-bond acceptors (Lipinski definition) is 9. The smallest absolute Gasteiger partial charge is 0.305 e. The number of amides is 1. The van der Waals surface area contributed by atoms with Crippen LogP contribution >= 0.6 is 0 Å². The van der Waals surface area contributed by atoms with E-state index in [0.29, 0.717) is 23.8 Å². The van der Waals surface area contributed by atoms with Gasteiger partial charge in [-0.05, 0) is 12.1 Å². The van der Waals surface area contributed by atoms with E-state index < -0.39 is 24.2 Å². The van der Waals surface area contributed by atoms with Crippen molar-refractivity contribution in [1.29, 1.82) is 0 Å². The number of nitrogens with zero attached hydrogens (tertiary/aromatic N) is 1. The van der Waals surface area contributed by atoms with Crippen molar-refractivity contribution in [3.8, 4) is 5.75 Å². The molecule has 1 aromatic rings. The predicted octanol–water partition coefficient (Wildman–Crippen LogP) is -0.678. The van der Waals surface area contributed by atoms with E-state index in [9.17, 15) is 24.9 Å². The number of carboxylic acids is 1. The van der Waals surface area contributed by atoms with Gasteiger partial charge in [0.15, 0.2) is 5.96 Å². The van der Waals surface area contributed by atoms with Crippen molar-refractivity contribution >= 4 is 23.5 Å². The first kappa shape index (κ1) is 24.1. The van der Waals surface area contributed by atoms with Crippen molar-refractivity contribution in [2.75, 3.05) is 31.5 Å². The lowest BCUT2D eigenvalue weighted by Crippen LogP contribution is -2.42. The lowest BCUT2D eigenvalue weighted by atomic mass is 10.1. The summed E-state index contributed by atoms with van der Waals surface area (Å²) in [6, 6.07) is 4.34. The summed E-state index contributed by atoms with van der Waals surface area (Å²) in [7, 11) is 0. The van der Waals surface area contributed by atoms with E-state index in [1.54, 1.807) is 6.07 Å². The second-order valence-corrected chi connectivity index (χ2v) is 5.94. The number of benzene rings is 1. The molecule has 11 nitrogen and oxygen atoms in total. The van der Waals surface area contributed by atoms with Crippen molar-refractivity contribution in [3.63, 3.8) is 0 Å². The Balaban J connectivity index is 0.00000204. The highest BCUT2D eigenvalue weighted by molar-refractivity contribution is 5.94. The van der Waals surface area contributed by atoms with E-state index in [0.717, 1.165) is 0 Å². The molecule has 162 valence electrons. The monoisotopic (exact) mass is 411 g/mol. The summed E-state index contributed by atoms with van der Waals surface area (Å²) < 4.78 is 0. The van der Waals surface area contributed by atoms with Crippen molar-refractivity contribution in [2.24, 2.45) is 4.99 Å². The molecule has 0 saturated heterocycles. The third kappa shape index (κ3) is 9.23. The van der Waals surface area contributed by atoms with Gasteiger partial charge in [0, 0.05) is 30.4 Å². The Hall–Kier alpha value is -2.89. The van der Waals surface area contributed by atoms with E-state index in [4.69, 9.17) is 5.11 Å². The van der Waals surface area contributed by atoms with Crippen molar-refractivity contribution < 1.29 is 30.0 Å². The number of aromatic hydroxyl groups is 1. The molecule has 0 fully saturated rings. The Morgan fingerprint density at radius 1 is 1.31 bits per heavy atom. The van der Waals surface area contributed by atoms with E-state index in [-0.39, 0.29) is 31.8 Å². The maximum Gasteiger partial charge on any atom is 0.305 e. The van der Waals surface area contributed by atoms with Gasteiger partial charge in [-0.2, -0.15) is 0 Å². The van der Waals surface area contributed by atoms with Crippen molar-refractivity contribution in [2.45, 2.75) is 32.6 Å². The zero-order valence-electron chi connectivity index (χ0n) is 16.5. The fraction of sp³-hybridized carbons (Fsp3) is 0.500. The second kappa shape index (κ2) is 12.5. The minimum atomic E-state index is -1.23. The van der Waals surface area contributed by atoms with Gasteiger partial charge < -0.3 is 36.4 Å². The SMILES string of the molecule is CC.O=C(O)CCNC(=O)CNC(O)c1cc(O)cc(NC2=NCC(O)CN2)c1. The summed E-state index contributed by atoms with van der Waals surface area (Å²) in [5.74, 6) is -1.15. The van der Waals surface area contributed by atoms with Crippen molar-refractivity contribution in [3.05, 3.63) is 23.8 Å². The molecule has 8 N–H and O–H groups in total. The van der Waals surface area contributed by atoms with Crippen LogP contribution in [0.2, 0.25) is 0 Å². The molecule has 2 atom stereocenters. The summed E-state index contributed by atoms with van der Waals surface area (Å²) >= 11 is 0. The summed E-state index contributed by atoms with van der Waals surface area (Å²) in [6.45, 7) is 4.36. The summed E-state index contributed by atoms with van der Waals surface area (Å²) in [5.41, 5.74) is 0.770. The van der Waals surface area contributed by atoms with E-state index in [2.05, 4.69) is 26.3 Å². The van der Waals surface area contributed by atoms with E-state index in [1.165, 1.54) is 12.1 Å². The molecule has 1 amide bonds. The molecule has 0 radical (unpaired) electrons. The number of rotatable bonds is 8. The molecule has 0 aliphatic carbocycles. The highest BCUT2D eigenvalue weighted by Gasteiger charge is 2.15. The Labute approximate surface area is 168 Å². The molecule has 1 aliphatic heterocycles. The zero-order chi connectivity index (χ0) is 21.8. The first-order valence-corrected chi connectivity index (χ1v) is 9.31. The molecule has 11 heteroatoms. The van der Waals surface area contributed by atoms with Crippen LogP contribution in [0.4, 0.5) is 5.69 Å². The van der Waals surface area contributed by atoms with E-state index in [1.807, 2.05) is 13.8 Å². The van der Waals surface area contributed by atoms with Gasteiger partial charge in [-0.1, -0.05) is 13.8 Å². The summed E-state index contributed by atoms with van der Waals surface area (Å²) in [6.07, 6.45) is -1.97. The fourth-order valence-corrected chi connectivity index (χ4v) is 2.30. The van der Waals surface area contributed by atoms with Crippen LogP contribution in [0.5, 0.6) is 5.75 Å². The van der Waals surface area contributed by atoms with Gasteiger partial charge in [-0.15, -0.1) is 0 Å². The number of hydrogen-bond donors (Lipinski definition) is 8. The molecule has 29 heavy (non-hydrogen) atoms.